The van der Waals surface area contributed by atoms with Crippen LogP contribution in [-0.4, -0.2) is 23.5 Å². The van der Waals surface area contributed by atoms with E-state index in [9.17, 15) is 14.7 Å². The molecule has 0 unspecified atom stereocenters. The molecule has 0 spiro atoms. The average Bonchev–Trinajstić information content (AvgIpc) is 3.06. The lowest BCUT2D eigenvalue weighted by atomic mass is 10.1. The molecule has 116 valence electrons. The molecule has 1 aromatic carbocycles. The summed E-state index contributed by atoms with van der Waals surface area (Å²) in [5.74, 6) is -1.35. The quantitative estimate of drug-likeness (QED) is 0.708. The van der Waals surface area contributed by atoms with Crippen LogP contribution in [0.15, 0.2) is 47.8 Å². The van der Waals surface area contributed by atoms with Crippen molar-refractivity contribution in [3.63, 3.8) is 0 Å². The fourth-order valence-corrected chi connectivity index (χ4v) is 2.55. The van der Waals surface area contributed by atoms with Gasteiger partial charge in [-0.2, -0.15) is 0 Å². The summed E-state index contributed by atoms with van der Waals surface area (Å²) in [4.78, 5) is 24.2. The van der Waals surface area contributed by atoms with Gasteiger partial charge in [0.1, 0.15) is 0 Å². The van der Waals surface area contributed by atoms with Crippen molar-refractivity contribution in [1.29, 1.82) is 0 Å². The standard InChI is InChI=1S/C16H18N2O3S/c19-14(12-5-2-1-3-6-12)8-9-17-15(20)16(21)18-11-13-7-4-10-22-13/h1-7,10,14,19H,8-9,11H2,(H,17,20)(H,18,21)/t14-/m0/s1. The first kappa shape index (κ1) is 16.2. The number of hydrogen-bond donors (Lipinski definition) is 3. The molecule has 0 fully saturated rings. The number of amides is 2. The number of carbonyl (C=O) groups is 2. The summed E-state index contributed by atoms with van der Waals surface area (Å²) >= 11 is 1.52. The molecule has 5 nitrogen and oxygen atoms in total. The van der Waals surface area contributed by atoms with Crippen LogP contribution in [0.25, 0.3) is 0 Å². The van der Waals surface area contributed by atoms with Crippen molar-refractivity contribution >= 4 is 23.2 Å². The van der Waals surface area contributed by atoms with Crippen molar-refractivity contribution in [1.82, 2.24) is 10.6 Å². The smallest absolute Gasteiger partial charge is 0.309 e. The van der Waals surface area contributed by atoms with Gasteiger partial charge in [-0.1, -0.05) is 36.4 Å². The van der Waals surface area contributed by atoms with Crippen molar-refractivity contribution in [2.45, 2.75) is 19.1 Å². The van der Waals surface area contributed by atoms with Crippen LogP contribution in [0.1, 0.15) is 23.0 Å². The first-order valence-corrected chi connectivity index (χ1v) is 7.86. The third-order valence-electron chi connectivity index (χ3n) is 3.10. The highest BCUT2D eigenvalue weighted by Crippen LogP contribution is 2.14. The van der Waals surface area contributed by atoms with E-state index in [1.165, 1.54) is 11.3 Å². The van der Waals surface area contributed by atoms with Gasteiger partial charge in [0, 0.05) is 11.4 Å². The Hall–Kier alpha value is -2.18. The summed E-state index contributed by atoms with van der Waals surface area (Å²) in [6.45, 7) is 0.581. The van der Waals surface area contributed by atoms with E-state index < -0.39 is 17.9 Å². The van der Waals surface area contributed by atoms with Crippen molar-refractivity contribution in [2.75, 3.05) is 6.54 Å². The Morgan fingerprint density at radius 1 is 1.05 bits per heavy atom. The van der Waals surface area contributed by atoms with Gasteiger partial charge in [-0.15, -0.1) is 11.3 Å². The molecule has 0 aliphatic heterocycles. The van der Waals surface area contributed by atoms with Crippen molar-refractivity contribution in [3.8, 4) is 0 Å². The predicted molar refractivity (Wildman–Crippen MR) is 85.2 cm³/mol. The number of thiophene rings is 1. The van der Waals surface area contributed by atoms with E-state index in [0.717, 1.165) is 10.4 Å². The molecule has 0 bridgehead atoms. The third kappa shape index (κ3) is 4.98. The van der Waals surface area contributed by atoms with Gasteiger partial charge in [-0.3, -0.25) is 9.59 Å². The van der Waals surface area contributed by atoms with Crippen LogP contribution in [0.5, 0.6) is 0 Å². The fraction of sp³-hybridized carbons (Fsp3) is 0.250. The second kappa shape index (κ2) is 8.31. The van der Waals surface area contributed by atoms with Crippen LogP contribution in [0, 0.1) is 0 Å². The highest BCUT2D eigenvalue weighted by Gasteiger charge is 2.14. The second-order valence-corrected chi connectivity index (χ2v) is 5.77. The number of carbonyl (C=O) groups excluding carboxylic acids is 2. The topological polar surface area (TPSA) is 78.4 Å². The lowest BCUT2D eigenvalue weighted by molar-refractivity contribution is -0.139. The van der Waals surface area contributed by atoms with E-state index in [1.807, 2.05) is 47.8 Å². The molecule has 2 aromatic rings. The second-order valence-electron chi connectivity index (χ2n) is 4.73. The fourth-order valence-electron chi connectivity index (χ4n) is 1.91. The molecule has 2 rings (SSSR count). The first-order chi connectivity index (χ1) is 10.7. The van der Waals surface area contributed by atoms with Crippen LogP contribution in [0.4, 0.5) is 0 Å². The number of aliphatic hydroxyl groups is 1. The van der Waals surface area contributed by atoms with Crippen LogP contribution in [0.2, 0.25) is 0 Å². The van der Waals surface area contributed by atoms with Crippen LogP contribution in [-0.2, 0) is 16.1 Å². The molecule has 0 aliphatic rings. The van der Waals surface area contributed by atoms with Gasteiger partial charge >= 0.3 is 11.8 Å². The number of nitrogens with one attached hydrogen (secondary N) is 2. The summed E-state index contributed by atoms with van der Waals surface area (Å²) < 4.78 is 0. The molecule has 2 amide bonds. The molecule has 1 atom stereocenters. The Morgan fingerprint density at radius 3 is 2.45 bits per heavy atom. The maximum Gasteiger partial charge on any atom is 0.309 e. The average molecular weight is 318 g/mol. The van der Waals surface area contributed by atoms with Gasteiger partial charge in [-0.25, -0.2) is 0 Å². The Balaban J connectivity index is 1.67. The Bertz CT molecular complexity index is 599. The van der Waals surface area contributed by atoms with Gasteiger partial charge in [0.15, 0.2) is 0 Å². The molecule has 0 aliphatic carbocycles. The molecule has 1 heterocycles. The molecule has 0 saturated carbocycles. The Morgan fingerprint density at radius 2 is 1.77 bits per heavy atom. The zero-order valence-electron chi connectivity index (χ0n) is 12.0. The van der Waals surface area contributed by atoms with Crippen molar-refractivity contribution < 1.29 is 14.7 Å². The highest BCUT2D eigenvalue weighted by molar-refractivity contribution is 7.09. The Labute approximate surface area is 133 Å². The largest absolute Gasteiger partial charge is 0.388 e. The molecule has 6 heteroatoms. The summed E-state index contributed by atoms with van der Waals surface area (Å²) in [5, 5.41) is 16.9. The predicted octanol–water partition coefficient (Wildman–Crippen LogP) is 1.60. The Kier molecular flexibility index (Phi) is 6.12. The molecule has 0 saturated heterocycles. The molecule has 1 aromatic heterocycles. The number of hydrogen-bond acceptors (Lipinski definition) is 4. The lowest BCUT2D eigenvalue weighted by Gasteiger charge is -2.11. The van der Waals surface area contributed by atoms with Gasteiger partial charge in [0.05, 0.1) is 12.6 Å². The minimum absolute atomic E-state index is 0.237. The lowest BCUT2D eigenvalue weighted by Crippen LogP contribution is -2.40. The summed E-state index contributed by atoms with van der Waals surface area (Å²) in [6.07, 6.45) is -0.302. The summed E-state index contributed by atoms with van der Waals surface area (Å²) in [7, 11) is 0. The molecule has 22 heavy (non-hydrogen) atoms. The molecular weight excluding hydrogens is 300 g/mol. The monoisotopic (exact) mass is 318 g/mol. The van der Waals surface area contributed by atoms with E-state index in [0.29, 0.717) is 13.0 Å². The van der Waals surface area contributed by atoms with E-state index >= 15 is 0 Å². The number of benzene rings is 1. The maximum absolute atomic E-state index is 11.6. The zero-order valence-corrected chi connectivity index (χ0v) is 12.8. The van der Waals surface area contributed by atoms with E-state index in [4.69, 9.17) is 0 Å². The van der Waals surface area contributed by atoms with Gasteiger partial charge in [0.25, 0.3) is 0 Å². The SMILES string of the molecule is O=C(NCC[C@H](O)c1ccccc1)C(=O)NCc1cccs1. The molecule has 3 N–H and O–H groups in total. The number of rotatable bonds is 6. The minimum atomic E-state index is -0.684. The maximum atomic E-state index is 11.6. The van der Waals surface area contributed by atoms with E-state index in [1.54, 1.807) is 0 Å². The van der Waals surface area contributed by atoms with E-state index in [2.05, 4.69) is 10.6 Å². The third-order valence-corrected chi connectivity index (χ3v) is 3.97. The van der Waals surface area contributed by atoms with Gasteiger partial charge in [-0.05, 0) is 23.4 Å². The summed E-state index contributed by atoms with van der Waals surface area (Å²) in [6, 6.07) is 13.0. The van der Waals surface area contributed by atoms with Crippen LogP contribution in [0.3, 0.4) is 0 Å². The zero-order chi connectivity index (χ0) is 15.8. The summed E-state index contributed by atoms with van der Waals surface area (Å²) in [5.41, 5.74) is 0.791. The van der Waals surface area contributed by atoms with Crippen molar-refractivity contribution in [2.24, 2.45) is 0 Å². The number of aliphatic hydroxyl groups excluding tert-OH is 1. The molecular formula is C16H18N2O3S. The van der Waals surface area contributed by atoms with Crippen LogP contribution >= 0.6 is 11.3 Å². The highest BCUT2D eigenvalue weighted by atomic mass is 32.1. The van der Waals surface area contributed by atoms with Crippen LogP contribution < -0.4 is 10.6 Å². The minimum Gasteiger partial charge on any atom is -0.388 e. The first-order valence-electron chi connectivity index (χ1n) is 6.98. The molecule has 0 radical (unpaired) electrons. The van der Waals surface area contributed by atoms with Gasteiger partial charge < -0.3 is 15.7 Å². The van der Waals surface area contributed by atoms with Crippen molar-refractivity contribution in [3.05, 3.63) is 58.3 Å². The van der Waals surface area contributed by atoms with Gasteiger partial charge in [0.2, 0.25) is 0 Å². The van der Waals surface area contributed by atoms with E-state index in [-0.39, 0.29) is 6.54 Å². The normalized spacial score (nSPS) is 11.7.